The largest absolute Gasteiger partial charge is 0.367 e. The molecular formula is C13H8BrClN2OS. The lowest BCUT2D eigenvalue weighted by Crippen LogP contribution is -1.86. The summed E-state index contributed by atoms with van der Waals surface area (Å²) in [5.74, 6) is 0.313. The molecule has 0 saturated carbocycles. The van der Waals surface area contributed by atoms with E-state index in [4.69, 9.17) is 21.9 Å². The predicted molar refractivity (Wildman–Crippen MR) is 82.4 cm³/mol. The van der Waals surface area contributed by atoms with E-state index < -0.39 is 0 Å². The number of rotatable bonds is 2. The maximum absolute atomic E-state index is 6.07. The molecule has 0 bridgehead atoms. The van der Waals surface area contributed by atoms with Gasteiger partial charge in [-0.3, -0.25) is 0 Å². The van der Waals surface area contributed by atoms with Crippen LogP contribution in [-0.2, 0) is 0 Å². The lowest BCUT2D eigenvalue weighted by Gasteiger charge is -2.02. The van der Waals surface area contributed by atoms with Crippen molar-refractivity contribution in [2.75, 3.05) is 5.73 Å². The number of nitrogens with zero attached hydrogens (tertiary/aromatic N) is 1. The lowest BCUT2D eigenvalue weighted by molar-refractivity contribution is 0.439. The minimum Gasteiger partial charge on any atom is -0.367 e. The summed E-state index contributed by atoms with van der Waals surface area (Å²) in [6, 6.07) is 9.53. The molecule has 0 radical (unpaired) electrons. The second kappa shape index (κ2) is 5.00. The monoisotopic (exact) mass is 354 g/mol. The fraction of sp³-hybridized carbons (Fsp3) is 0. The Labute approximate surface area is 127 Å². The van der Waals surface area contributed by atoms with E-state index in [1.165, 1.54) is 0 Å². The van der Waals surface area contributed by atoms with Gasteiger partial charge < -0.3 is 10.3 Å². The fourth-order valence-corrected chi connectivity index (χ4v) is 3.49. The van der Waals surface area contributed by atoms with Gasteiger partial charge in [-0.1, -0.05) is 38.8 Å². The molecule has 1 aromatic carbocycles. The van der Waals surface area contributed by atoms with Gasteiger partial charge in [-0.05, 0) is 29.6 Å². The van der Waals surface area contributed by atoms with E-state index in [0.29, 0.717) is 16.6 Å². The average Bonchev–Trinajstić information content (AvgIpc) is 2.96. The van der Waals surface area contributed by atoms with Crippen LogP contribution in [0.3, 0.4) is 0 Å². The Morgan fingerprint density at radius 2 is 2.16 bits per heavy atom. The first-order valence-corrected chi connectivity index (χ1v) is 7.45. The van der Waals surface area contributed by atoms with E-state index in [1.54, 1.807) is 11.3 Å². The summed E-state index contributed by atoms with van der Waals surface area (Å²) in [5, 5.41) is 6.66. The van der Waals surface area contributed by atoms with Crippen molar-refractivity contribution in [1.29, 1.82) is 0 Å². The highest BCUT2D eigenvalue weighted by Gasteiger charge is 2.18. The zero-order valence-electron chi connectivity index (χ0n) is 9.56. The van der Waals surface area contributed by atoms with Gasteiger partial charge in [0.1, 0.15) is 5.69 Å². The number of thiophene rings is 1. The molecule has 2 N–H and O–H groups in total. The first-order valence-electron chi connectivity index (χ1n) is 5.40. The maximum Gasteiger partial charge on any atom is 0.231 e. The van der Waals surface area contributed by atoms with Gasteiger partial charge in [0.05, 0.1) is 5.56 Å². The standard InChI is InChI=1S/C13H8BrClN2OS/c14-8-4-7(5-9(15)6-8)12-11(13(16)18-17-12)10-2-1-3-19-10/h1-6H,16H2. The number of anilines is 1. The van der Waals surface area contributed by atoms with Crippen LogP contribution < -0.4 is 5.73 Å². The second-order valence-electron chi connectivity index (χ2n) is 3.91. The van der Waals surface area contributed by atoms with Crippen LogP contribution >= 0.6 is 38.9 Å². The molecule has 3 aromatic rings. The third-order valence-electron chi connectivity index (χ3n) is 2.62. The topological polar surface area (TPSA) is 52.0 Å². The molecule has 0 aliphatic rings. The van der Waals surface area contributed by atoms with Gasteiger partial charge >= 0.3 is 0 Å². The number of halogens is 2. The summed E-state index contributed by atoms with van der Waals surface area (Å²) in [5.41, 5.74) is 8.25. The van der Waals surface area contributed by atoms with Crippen molar-refractivity contribution in [3.05, 3.63) is 45.2 Å². The molecular weight excluding hydrogens is 348 g/mol. The van der Waals surface area contributed by atoms with E-state index in [9.17, 15) is 0 Å². The normalized spacial score (nSPS) is 10.8. The number of benzene rings is 1. The van der Waals surface area contributed by atoms with Crippen LogP contribution in [0.5, 0.6) is 0 Å². The molecule has 0 unspecified atom stereocenters. The third kappa shape index (κ3) is 2.41. The van der Waals surface area contributed by atoms with Crippen LogP contribution in [0.4, 0.5) is 5.88 Å². The molecule has 6 heteroatoms. The summed E-state index contributed by atoms with van der Waals surface area (Å²) in [4.78, 5) is 1.02. The minimum absolute atomic E-state index is 0.313. The van der Waals surface area contributed by atoms with Crippen molar-refractivity contribution in [3.63, 3.8) is 0 Å². The van der Waals surface area contributed by atoms with Crippen molar-refractivity contribution >= 4 is 44.8 Å². The fourth-order valence-electron chi connectivity index (χ4n) is 1.85. The van der Waals surface area contributed by atoms with Crippen molar-refractivity contribution < 1.29 is 4.52 Å². The first-order chi connectivity index (χ1) is 9.15. The number of hydrogen-bond acceptors (Lipinski definition) is 4. The number of nitrogens with two attached hydrogens (primary N) is 1. The van der Waals surface area contributed by atoms with Gasteiger partial charge in [0.25, 0.3) is 0 Å². The molecule has 0 amide bonds. The van der Waals surface area contributed by atoms with Gasteiger partial charge in [0.15, 0.2) is 0 Å². The third-order valence-corrected chi connectivity index (χ3v) is 4.19. The van der Waals surface area contributed by atoms with Crippen molar-refractivity contribution in [3.8, 4) is 21.7 Å². The zero-order chi connectivity index (χ0) is 13.4. The Hall–Kier alpha value is -1.30. The summed E-state index contributed by atoms with van der Waals surface area (Å²) in [7, 11) is 0. The summed E-state index contributed by atoms with van der Waals surface area (Å²) in [6.07, 6.45) is 0. The van der Waals surface area contributed by atoms with Crippen molar-refractivity contribution in [2.45, 2.75) is 0 Å². The molecule has 0 aliphatic heterocycles. The first kappa shape index (κ1) is 12.7. The van der Waals surface area contributed by atoms with Gasteiger partial charge in [0.2, 0.25) is 5.88 Å². The Kier molecular flexibility index (Phi) is 3.35. The highest BCUT2D eigenvalue weighted by molar-refractivity contribution is 9.10. The van der Waals surface area contributed by atoms with Crippen LogP contribution in [0.25, 0.3) is 21.7 Å². The maximum atomic E-state index is 6.07. The Balaban J connectivity index is 2.21. The summed E-state index contributed by atoms with van der Waals surface area (Å²) >= 11 is 11.1. The van der Waals surface area contributed by atoms with E-state index in [2.05, 4.69) is 21.1 Å². The Morgan fingerprint density at radius 3 is 2.84 bits per heavy atom. The van der Waals surface area contributed by atoms with Crippen molar-refractivity contribution in [2.24, 2.45) is 0 Å². The highest BCUT2D eigenvalue weighted by Crippen LogP contribution is 2.39. The van der Waals surface area contributed by atoms with Crippen molar-refractivity contribution in [1.82, 2.24) is 5.16 Å². The van der Waals surface area contributed by atoms with E-state index in [-0.39, 0.29) is 0 Å². The molecule has 3 rings (SSSR count). The van der Waals surface area contributed by atoms with E-state index in [0.717, 1.165) is 20.5 Å². The number of nitrogen functional groups attached to an aromatic ring is 1. The van der Waals surface area contributed by atoms with Crippen LogP contribution in [-0.4, -0.2) is 5.16 Å². The summed E-state index contributed by atoms with van der Waals surface area (Å²) < 4.78 is 6.01. The molecule has 0 spiro atoms. The molecule has 2 heterocycles. The molecule has 0 fully saturated rings. The highest BCUT2D eigenvalue weighted by atomic mass is 79.9. The van der Waals surface area contributed by atoms with Gasteiger partial charge in [-0.15, -0.1) is 11.3 Å². The molecule has 19 heavy (non-hydrogen) atoms. The number of hydrogen-bond donors (Lipinski definition) is 1. The zero-order valence-corrected chi connectivity index (χ0v) is 12.7. The molecule has 0 atom stereocenters. The Morgan fingerprint density at radius 1 is 1.32 bits per heavy atom. The second-order valence-corrected chi connectivity index (χ2v) is 6.21. The average molecular weight is 356 g/mol. The molecule has 96 valence electrons. The SMILES string of the molecule is Nc1onc(-c2cc(Cl)cc(Br)c2)c1-c1cccs1. The van der Waals surface area contributed by atoms with E-state index >= 15 is 0 Å². The van der Waals surface area contributed by atoms with Gasteiger partial charge in [-0.2, -0.15) is 0 Å². The van der Waals surface area contributed by atoms with E-state index in [1.807, 2.05) is 35.7 Å². The van der Waals surface area contributed by atoms with Crippen LogP contribution in [0.2, 0.25) is 5.02 Å². The molecule has 2 aromatic heterocycles. The number of aromatic nitrogens is 1. The van der Waals surface area contributed by atoms with Crippen LogP contribution in [0, 0.1) is 0 Å². The lowest BCUT2D eigenvalue weighted by atomic mass is 10.1. The predicted octanol–water partition coefficient (Wildman–Crippen LogP) is 5.07. The summed E-state index contributed by atoms with van der Waals surface area (Å²) in [6.45, 7) is 0. The Bertz CT molecular complexity index is 704. The van der Waals surface area contributed by atoms with Crippen LogP contribution in [0.1, 0.15) is 0 Å². The van der Waals surface area contributed by atoms with Crippen LogP contribution in [0.15, 0.2) is 44.7 Å². The molecule has 3 nitrogen and oxygen atoms in total. The molecule has 0 saturated heterocycles. The minimum atomic E-state index is 0.313. The van der Waals surface area contributed by atoms with Gasteiger partial charge in [0, 0.05) is 19.9 Å². The van der Waals surface area contributed by atoms with Gasteiger partial charge in [-0.25, -0.2) is 0 Å². The molecule has 0 aliphatic carbocycles. The quantitative estimate of drug-likeness (QED) is 0.698. The smallest absolute Gasteiger partial charge is 0.231 e.